The zero-order valence-electron chi connectivity index (χ0n) is 12.4. The van der Waals surface area contributed by atoms with Gasteiger partial charge < -0.3 is 15.2 Å². The standard InChI is InChI=1S/C15H16N2O4S/c1-8-12(15(19)20)22-14(17-8)9(2)16-13(18)10-4-6-11(21-3)7-5-10/h4-7,9H,1-3H3,(H,16,18)(H,19,20). The molecule has 0 radical (unpaired) electrons. The van der Waals surface area contributed by atoms with Gasteiger partial charge in [-0.1, -0.05) is 0 Å². The number of carboxylic acids is 1. The molecule has 0 aliphatic heterocycles. The van der Waals surface area contributed by atoms with Crippen molar-refractivity contribution in [3.05, 3.63) is 45.4 Å². The number of carboxylic acid groups (broad SMARTS) is 1. The fourth-order valence-corrected chi connectivity index (χ4v) is 2.79. The second kappa shape index (κ2) is 6.57. The molecule has 0 fully saturated rings. The van der Waals surface area contributed by atoms with Crippen LogP contribution in [0, 0.1) is 6.92 Å². The predicted octanol–water partition coefficient (Wildman–Crippen LogP) is 2.65. The fourth-order valence-electron chi connectivity index (χ4n) is 1.89. The summed E-state index contributed by atoms with van der Waals surface area (Å²) in [4.78, 5) is 27.6. The zero-order valence-corrected chi connectivity index (χ0v) is 13.2. The van der Waals surface area contributed by atoms with Crippen molar-refractivity contribution in [3.8, 4) is 5.75 Å². The molecule has 0 aliphatic carbocycles. The monoisotopic (exact) mass is 320 g/mol. The number of aromatic nitrogens is 1. The first-order valence-corrected chi connectivity index (χ1v) is 7.39. The van der Waals surface area contributed by atoms with Gasteiger partial charge in [0, 0.05) is 5.56 Å². The molecule has 116 valence electrons. The lowest BCUT2D eigenvalue weighted by atomic mass is 10.2. The molecule has 1 amide bonds. The average molecular weight is 320 g/mol. The highest BCUT2D eigenvalue weighted by atomic mass is 32.1. The first-order chi connectivity index (χ1) is 10.4. The average Bonchev–Trinajstić information content (AvgIpc) is 2.89. The third-order valence-electron chi connectivity index (χ3n) is 3.08. The molecule has 0 saturated carbocycles. The SMILES string of the molecule is COc1ccc(C(=O)NC(C)c2nc(C)c(C(=O)O)s2)cc1. The van der Waals surface area contributed by atoms with Crippen molar-refractivity contribution >= 4 is 23.2 Å². The molecule has 2 N–H and O–H groups in total. The molecule has 2 aromatic rings. The second-order valence-corrected chi connectivity index (χ2v) is 5.73. The maximum absolute atomic E-state index is 12.2. The van der Waals surface area contributed by atoms with Gasteiger partial charge in [-0.25, -0.2) is 9.78 Å². The van der Waals surface area contributed by atoms with Crippen LogP contribution in [0.4, 0.5) is 0 Å². The van der Waals surface area contributed by atoms with Crippen LogP contribution in [0.3, 0.4) is 0 Å². The Hall–Kier alpha value is -2.41. The van der Waals surface area contributed by atoms with E-state index in [1.54, 1.807) is 45.2 Å². The third-order valence-corrected chi connectivity index (χ3v) is 4.41. The molecule has 0 bridgehead atoms. The van der Waals surface area contributed by atoms with Crippen molar-refractivity contribution in [2.45, 2.75) is 19.9 Å². The van der Waals surface area contributed by atoms with Crippen LogP contribution in [0.1, 0.15) is 43.7 Å². The summed E-state index contributed by atoms with van der Waals surface area (Å²) in [5, 5.41) is 12.4. The number of methoxy groups -OCH3 is 1. The summed E-state index contributed by atoms with van der Waals surface area (Å²) in [6, 6.07) is 6.37. The van der Waals surface area contributed by atoms with Crippen LogP contribution in [0.5, 0.6) is 5.75 Å². The Morgan fingerprint density at radius 2 is 1.95 bits per heavy atom. The molecule has 1 aromatic heterocycles. The van der Waals surface area contributed by atoms with Crippen molar-refractivity contribution in [1.29, 1.82) is 0 Å². The van der Waals surface area contributed by atoms with Crippen LogP contribution < -0.4 is 10.1 Å². The maximum Gasteiger partial charge on any atom is 0.347 e. The Morgan fingerprint density at radius 3 is 2.45 bits per heavy atom. The summed E-state index contributed by atoms with van der Waals surface area (Å²) in [7, 11) is 1.56. The van der Waals surface area contributed by atoms with Gasteiger partial charge in [0.15, 0.2) is 0 Å². The number of amides is 1. The van der Waals surface area contributed by atoms with Gasteiger partial charge in [0.05, 0.1) is 18.8 Å². The predicted molar refractivity (Wildman–Crippen MR) is 82.7 cm³/mol. The van der Waals surface area contributed by atoms with Crippen molar-refractivity contribution in [3.63, 3.8) is 0 Å². The quantitative estimate of drug-likeness (QED) is 0.884. The van der Waals surface area contributed by atoms with Gasteiger partial charge in [-0.3, -0.25) is 4.79 Å². The highest BCUT2D eigenvalue weighted by Crippen LogP contribution is 2.24. The number of benzene rings is 1. The Bertz CT molecular complexity index is 694. The van der Waals surface area contributed by atoms with E-state index in [1.807, 2.05) is 0 Å². The molecule has 0 saturated heterocycles. The van der Waals surface area contributed by atoms with Crippen molar-refractivity contribution < 1.29 is 19.4 Å². The van der Waals surface area contributed by atoms with E-state index in [2.05, 4.69) is 10.3 Å². The number of nitrogens with zero attached hydrogens (tertiary/aromatic N) is 1. The summed E-state index contributed by atoms with van der Waals surface area (Å²) >= 11 is 1.07. The van der Waals surface area contributed by atoms with E-state index in [-0.39, 0.29) is 16.8 Å². The number of aryl methyl sites for hydroxylation is 1. The summed E-state index contributed by atoms with van der Waals surface area (Å²) in [6.07, 6.45) is 0. The highest BCUT2D eigenvalue weighted by molar-refractivity contribution is 7.13. The van der Waals surface area contributed by atoms with E-state index >= 15 is 0 Å². The molecule has 6 nitrogen and oxygen atoms in total. The minimum absolute atomic E-state index is 0.195. The minimum Gasteiger partial charge on any atom is -0.497 e. The Morgan fingerprint density at radius 1 is 1.32 bits per heavy atom. The molecule has 22 heavy (non-hydrogen) atoms. The Balaban J connectivity index is 2.10. The number of hydrogen-bond acceptors (Lipinski definition) is 5. The smallest absolute Gasteiger partial charge is 0.347 e. The molecule has 0 spiro atoms. The van der Waals surface area contributed by atoms with Crippen LogP contribution >= 0.6 is 11.3 Å². The molecule has 1 heterocycles. The number of hydrogen-bond donors (Lipinski definition) is 2. The fraction of sp³-hybridized carbons (Fsp3) is 0.267. The van der Waals surface area contributed by atoms with E-state index < -0.39 is 5.97 Å². The molecule has 1 aromatic carbocycles. The molecule has 1 unspecified atom stereocenters. The van der Waals surface area contributed by atoms with Crippen molar-refractivity contribution in [2.75, 3.05) is 7.11 Å². The van der Waals surface area contributed by atoms with Crippen LogP contribution in [0.15, 0.2) is 24.3 Å². The number of rotatable bonds is 5. The number of nitrogens with one attached hydrogen (secondary N) is 1. The van der Waals surface area contributed by atoms with Crippen molar-refractivity contribution in [2.24, 2.45) is 0 Å². The first-order valence-electron chi connectivity index (χ1n) is 6.58. The van der Waals surface area contributed by atoms with E-state index in [1.165, 1.54) is 0 Å². The normalized spacial score (nSPS) is 11.8. The molecular formula is C15H16N2O4S. The van der Waals surface area contributed by atoms with E-state index in [0.29, 0.717) is 22.0 Å². The van der Waals surface area contributed by atoms with E-state index in [4.69, 9.17) is 9.84 Å². The van der Waals surface area contributed by atoms with E-state index in [0.717, 1.165) is 11.3 Å². The number of carbonyl (C=O) groups excluding carboxylic acids is 1. The lowest BCUT2D eigenvalue weighted by Crippen LogP contribution is -2.26. The summed E-state index contributed by atoms with van der Waals surface area (Å²) in [5.41, 5.74) is 0.956. The second-order valence-electron chi connectivity index (χ2n) is 4.70. The summed E-state index contributed by atoms with van der Waals surface area (Å²) in [5.74, 6) is -0.582. The number of aromatic carboxylic acids is 1. The summed E-state index contributed by atoms with van der Waals surface area (Å²) in [6.45, 7) is 3.41. The number of thiazole rings is 1. The lowest BCUT2D eigenvalue weighted by molar-refractivity contribution is 0.0701. The van der Waals surface area contributed by atoms with Gasteiger partial charge in [0.25, 0.3) is 5.91 Å². The number of carbonyl (C=O) groups is 2. The van der Waals surface area contributed by atoms with Gasteiger partial charge in [-0.05, 0) is 38.1 Å². The van der Waals surface area contributed by atoms with Gasteiger partial charge in [-0.2, -0.15) is 0 Å². The maximum atomic E-state index is 12.2. The van der Waals surface area contributed by atoms with Gasteiger partial charge in [0.2, 0.25) is 0 Å². The molecule has 7 heteroatoms. The molecule has 0 aliphatic rings. The zero-order chi connectivity index (χ0) is 16.3. The third kappa shape index (κ3) is 3.43. The lowest BCUT2D eigenvalue weighted by Gasteiger charge is -2.11. The molecule has 2 rings (SSSR count). The number of ether oxygens (including phenoxy) is 1. The largest absolute Gasteiger partial charge is 0.497 e. The van der Waals surface area contributed by atoms with Gasteiger partial charge >= 0.3 is 5.97 Å². The van der Waals surface area contributed by atoms with Gasteiger partial charge in [-0.15, -0.1) is 11.3 Å². The van der Waals surface area contributed by atoms with Crippen LogP contribution in [0.25, 0.3) is 0 Å². The van der Waals surface area contributed by atoms with Gasteiger partial charge in [0.1, 0.15) is 15.6 Å². The van der Waals surface area contributed by atoms with E-state index in [9.17, 15) is 9.59 Å². The summed E-state index contributed by atoms with van der Waals surface area (Å²) < 4.78 is 5.04. The Kier molecular flexibility index (Phi) is 4.77. The van der Waals surface area contributed by atoms with Crippen LogP contribution in [-0.2, 0) is 0 Å². The van der Waals surface area contributed by atoms with Crippen LogP contribution in [-0.4, -0.2) is 29.1 Å². The topological polar surface area (TPSA) is 88.5 Å². The van der Waals surface area contributed by atoms with Crippen molar-refractivity contribution in [1.82, 2.24) is 10.3 Å². The minimum atomic E-state index is -1.00. The first kappa shape index (κ1) is 16.0. The molecule has 1 atom stereocenters. The molecular weight excluding hydrogens is 304 g/mol. The highest BCUT2D eigenvalue weighted by Gasteiger charge is 2.19. The Labute approximate surface area is 131 Å². The van der Waals surface area contributed by atoms with Crippen LogP contribution in [0.2, 0.25) is 0 Å².